The summed E-state index contributed by atoms with van der Waals surface area (Å²) in [5.74, 6) is 1.20. The first-order chi connectivity index (χ1) is 8.66. The van der Waals surface area contributed by atoms with Gasteiger partial charge in [0.2, 0.25) is 5.91 Å². The Morgan fingerprint density at radius 1 is 1.22 bits per heavy atom. The molecular formula is C15H28N2O. The van der Waals surface area contributed by atoms with Gasteiger partial charge in [0.15, 0.2) is 0 Å². The molecule has 104 valence electrons. The second-order valence-electron chi connectivity index (χ2n) is 6.25. The quantitative estimate of drug-likeness (QED) is 0.834. The lowest BCUT2D eigenvalue weighted by Gasteiger charge is -2.33. The maximum atomic E-state index is 12.2. The molecule has 3 heteroatoms. The number of nitrogens with one attached hydrogen (secondary N) is 1. The van der Waals surface area contributed by atoms with E-state index in [-0.39, 0.29) is 0 Å². The van der Waals surface area contributed by atoms with Crippen molar-refractivity contribution in [2.24, 2.45) is 5.92 Å². The van der Waals surface area contributed by atoms with Crippen molar-refractivity contribution in [1.82, 2.24) is 10.2 Å². The van der Waals surface area contributed by atoms with Gasteiger partial charge in [-0.2, -0.15) is 0 Å². The SMILES string of the molecule is CC1CCC(N(C)C(=O)CCC2CCCN2)CC1. The average Bonchev–Trinajstić information content (AvgIpc) is 2.89. The Hall–Kier alpha value is -0.570. The molecule has 2 aliphatic rings. The summed E-state index contributed by atoms with van der Waals surface area (Å²) in [6.07, 6.45) is 9.23. The maximum Gasteiger partial charge on any atom is 0.222 e. The molecule has 2 rings (SSSR count). The molecule has 0 aromatic rings. The summed E-state index contributed by atoms with van der Waals surface area (Å²) in [6, 6.07) is 1.10. The molecule has 1 aliphatic heterocycles. The largest absolute Gasteiger partial charge is 0.343 e. The van der Waals surface area contributed by atoms with Crippen molar-refractivity contribution in [3.8, 4) is 0 Å². The van der Waals surface area contributed by atoms with Crippen LogP contribution in [0, 0.1) is 5.92 Å². The molecular weight excluding hydrogens is 224 g/mol. The minimum absolute atomic E-state index is 0.350. The smallest absolute Gasteiger partial charge is 0.222 e. The van der Waals surface area contributed by atoms with Gasteiger partial charge in [-0.1, -0.05) is 6.92 Å². The fraction of sp³-hybridized carbons (Fsp3) is 0.933. The summed E-state index contributed by atoms with van der Waals surface area (Å²) in [7, 11) is 2.01. The molecule has 1 amide bonds. The Balaban J connectivity index is 1.70. The molecule has 1 atom stereocenters. The van der Waals surface area contributed by atoms with Crippen LogP contribution in [0.15, 0.2) is 0 Å². The molecule has 0 aromatic heterocycles. The number of amides is 1. The molecule has 1 aliphatic carbocycles. The third-order valence-electron chi connectivity index (χ3n) is 4.80. The Bertz CT molecular complexity index is 266. The van der Waals surface area contributed by atoms with Gasteiger partial charge in [0.1, 0.15) is 0 Å². The van der Waals surface area contributed by atoms with Crippen LogP contribution in [0.25, 0.3) is 0 Å². The van der Waals surface area contributed by atoms with E-state index < -0.39 is 0 Å². The van der Waals surface area contributed by atoms with E-state index in [4.69, 9.17) is 0 Å². The lowest BCUT2D eigenvalue weighted by Crippen LogP contribution is -2.39. The van der Waals surface area contributed by atoms with Crippen molar-refractivity contribution < 1.29 is 4.79 Å². The van der Waals surface area contributed by atoms with Crippen LogP contribution in [0.3, 0.4) is 0 Å². The Labute approximate surface area is 111 Å². The summed E-state index contributed by atoms with van der Waals surface area (Å²) in [6.45, 7) is 3.46. The third-order valence-corrected chi connectivity index (χ3v) is 4.80. The van der Waals surface area contributed by atoms with Crippen molar-refractivity contribution in [3.63, 3.8) is 0 Å². The number of hydrogen-bond donors (Lipinski definition) is 1. The monoisotopic (exact) mass is 252 g/mol. The van der Waals surface area contributed by atoms with Gasteiger partial charge >= 0.3 is 0 Å². The molecule has 1 heterocycles. The lowest BCUT2D eigenvalue weighted by molar-refractivity contribution is -0.132. The lowest BCUT2D eigenvalue weighted by atomic mass is 9.86. The van der Waals surface area contributed by atoms with Crippen molar-refractivity contribution in [1.29, 1.82) is 0 Å². The summed E-state index contributed by atoms with van der Waals surface area (Å²) in [4.78, 5) is 14.2. The summed E-state index contributed by atoms with van der Waals surface area (Å²) in [5, 5.41) is 3.47. The van der Waals surface area contributed by atoms with Crippen LogP contribution >= 0.6 is 0 Å². The second kappa shape index (κ2) is 6.55. The molecule has 1 N–H and O–H groups in total. The van der Waals surface area contributed by atoms with E-state index in [0.717, 1.165) is 25.3 Å². The fourth-order valence-corrected chi connectivity index (χ4v) is 3.31. The minimum Gasteiger partial charge on any atom is -0.343 e. The number of carbonyl (C=O) groups is 1. The molecule has 0 aromatic carbocycles. The van der Waals surface area contributed by atoms with Crippen LogP contribution in [0.4, 0.5) is 0 Å². The standard InChI is InChI=1S/C15H28N2O/c1-12-5-8-14(9-6-12)17(2)15(18)10-7-13-4-3-11-16-13/h12-14,16H,3-11H2,1-2H3. The number of hydrogen-bond acceptors (Lipinski definition) is 2. The van der Waals surface area contributed by atoms with Crippen LogP contribution in [0.1, 0.15) is 58.3 Å². The Kier molecular flexibility index (Phi) is 5.04. The normalized spacial score (nSPS) is 32.4. The van der Waals surface area contributed by atoms with Crippen LogP contribution in [0.2, 0.25) is 0 Å². The molecule has 1 saturated heterocycles. The highest BCUT2D eigenvalue weighted by molar-refractivity contribution is 5.76. The van der Waals surface area contributed by atoms with Gasteiger partial charge in [0.05, 0.1) is 0 Å². The Morgan fingerprint density at radius 3 is 2.56 bits per heavy atom. The molecule has 2 fully saturated rings. The van der Waals surface area contributed by atoms with E-state index in [2.05, 4.69) is 12.2 Å². The van der Waals surface area contributed by atoms with Gasteiger partial charge in [0, 0.05) is 25.6 Å². The van der Waals surface area contributed by atoms with Gasteiger partial charge in [-0.15, -0.1) is 0 Å². The van der Waals surface area contributed by atoms with Crippen molar-refractivity contribution in [3.05, 3.63) is 0 Å². The summed E-state index contributed by atoms with van der Waals surface area (Å²) >= 11 is 0. The summed E-state index contributed by atoms with van der Waals surface area (Å²) in [5.41, 5.74) is 0. The van der Waals surface area contributed by atoms with E-state index in [1.54, 1.807) is 0 Å². The van der Waals surface area contributed by atoms with Crippen molar-refractivity contribution in [2.45, 2.75) is 70.4 Å². The zero-order chi connectivity index (χ0) is 13.0. The van der Waals surface area contributed by atoms with Gasteiger partial charge in [-0.05, 0) is 57.4 Å². The van der Waals surface area contributed by atoms with Crippen molar-refractivity contribution >= 4 is 5.91 Å². The van der Waals surface area contributed by atoms with E-state index in [1.807, 2.05) is 11.9 Å². The molecule has 0 spiro atoms. The zero-order valence-electron chi connectivity index (χ0n) is 12.0. The van der Waals surface area contributed by atoms with Crippen LogP contribution < -0.4 is 5.32 Å². The molecule has 0 radical (unpaired) electrons. The molecule has 0 bridgehead atoms. The van der Waals surface area contributed by atoms with Gasteiger partial charge in [0.25, 0.3) is 0 Å². The maximum absolute atomic E-state index is 12.2. The minimum atomic E-state index is 0.350. The van der Waals surface area contributed by atoms with Gasteiger partial charge in [-0.3, -0.25) is 4.79 Å². The topological polar surface area (TPSA) is 32.3 Å². The molecule has 3 nitrogen and oxygen atoms in total. The third kappa shape index (κ3) is 3.71. The van der Waals surface area contributed by atoms with Crippen molar-refractivity contribution in [2.75, 3.05) is 13.6 Å². The van der Waals surface area contributed by atoms with Gasteiger partial charge in [-0.25, -0.2) is 0 Å². The Morgan fingerprint density at radius 2 is 1.94 bits per heavy atom. The first-order valence-corrected chi connectivity index (χ1v) is 7.66. The number of nitrogens with zero attached hydrogens (tertiary/aromatic N) is 1. The second-order valence-corrected chi connectivity index (χ2v) is 6.25. The highest BCUT2D eigenvalue weighted by atomic mass is 16.2. The predicted octanol–water partition coefficient (Wildman–Crippen LogP) is 2.56. The molecule has 1 unspecified atom stereocenters. The van der Waals surface area contributed by atoms with E-state index in [9.17, 15) is 4.79 Å². The summed E-state index contributed by atoms with van der Waals surface area (Å²) < 4.78 is 0. The first-order valence-electron chi connectivity index (χ1n) is 7.66. The number of carbonyl (C=O) groups excluding carboxylic acids is 1. The highest BCUT2D eigenvalue weighted by Crippen LogP contribution is 2.27. The van der Waals surface area contributed by atoms with Crippen LogP contribution in [-0.4, -0.2) is 36.5 Å². The fourth-order valence-electron chi connectivity index (χ4n) is 3.31. The average molecular weight is 252 g/mol. The zero-order valence-corrected chi connectivity index (χ0v) is 12.0. The predicted molar refractivity (Wildman–Crippen MR) is 74.4 cm³/mol. The van der Waals surface area contributed by atoms with Crippen LogP contribution in [0.5, 0.6) is 0 Å². The van der Waals surface area contributed by atoms with Crippen LogP contribution in [-0.2, 0) is 4.79 Å². The molecule has 1 saturated carbocycles. The first kappa shape index (κ1) is 13.9. The van der Waals surface area contributed by atoms with E-state index in [1.165, 1.54) is 38.5 Å². The van der Waals surface area contributed by atoms with E-state index in [0.29, 0.717) is 18.0 Å². The highest BCUT2D eigenvalue weighted by Gasteiger charge is 2.25. The number of rotatable bonds is 4. The van der Waals surface area contributed by atoms with Gasteiger partial charge < -0.3 is 10.2 Å². The molecule has 18 heavy (non-hydrogen) atoms. The van der Waals surface area contributed by atoms with E-state index >= 15 is 0 Å².